The summed E-state index contributed by atoms with van der Waals surface area (Å²) >= 11 is 0. The first kappa shape index (κ1) is 20.9. The van der Waals surface area contributed by atoms with Gasteiger partial charge in [0, 0.05) is 0 Å². The van der Waals surface area contributed by atoms with Gasteiger partial charge in [-0.2, -0.15) is 0 Å². The smallest absolute Gasteiger partial charge is 0.0685 e. The molecule has 0 heteroatoms. The molecule has 3 aromatic rings. The maximum atomic E-state index is 2.35. The van der Waals surface area contributed by atoms with Gasteiger partial charge in [0.1, 0.15) is 0 Å². The van der Waals surface area contributed by atoms with Gasteiger partial charge in [-0.15, -0.1) is 0 Å². The van der Waals surface area contributed by atoms with Gasteiger partial charge in [0.05, 0.1) is 5.41 Å². The quantitative estimate of drug-likeness (QED) is 0.397. The number of fused-ring (bicyclic) bond motifs is 7. The summed E-state index contributed by atoms with van der Waals surface area (Å²) in [5.74, 6) is 0. The molecule has 0 nitrogen and oxygen atoms in total. The van der Waals surface area contributed by atoms with Crippen LogP contribution in [0.5, 0.6) is 0 Å². The van der Waals surface area contributed by atoms with E-state index in [0.717, 1.165) is 0 Å². The summed E-state index contributed by atoms with van der Waals surface area (Å²) in [7, 11) is 0. The Kier molecular flexibility index (Phi) is 5.17. The highest BCUT2D eigenvalue weighted by Gasteiger charge is 2.51. The molecule has 0 atom stereocenters. The van der Waals surface area contributed by atoms with Crippen LogP contribution in [-0.2, 0) is 5.41 Å². The summed E-state index contributed by atoms with van der Waals surface area (Å²) in [6.07, 6.45) is 0. The van der Waals surface area contributed by atoms with Gasteiger partial charge in [0.15, 0.2) is 0 Å². The molecule has 2 aliphatic rings. The van der Waals surface area contributed by atoms with Gasteiger partial charge in [-0.3, -0.25) is 0 Å². The first-order chi connectivity index (χ1) is 13.1. The van der Waals surface area contributed by atoms with Crippen LogP contribution in [0.1, 0.15) is 64.8 Å². The molecule has 2 aliphatic carbocycles. The number of rotatable bonds is 1. The van der Waals surface area contributed by atoms with E-state index in [-0.39, 0.29) is 20.3 Å². The highest BCUT2D eigenvalue weighted by atomic mass is 14.5. The fourth-order valence-corrected chi connectivity index (χ4v) is 5.28. The number of benzene rings is 3. The van der Waals surface area contributed by atoms with Crippen molar-refractivity contribution in [1.29, 1.82) is 0 Å². The van der Waals surface area contributed by atoms with Gasteiger partial charge in [-0.1, -0.05) is 93.2 Å². The monoisotopic (exact) mass is 380 g/mol. The van der Waals surface area contributed by atoms with Crippen molar-refractivity contribution in [3.8, 4) is 11.1 Å². The van der Waals surface area contributed by atoms with Crippen LogP contribution < -0.4 is 0 Å². The van der Waals surface area contributed by atoms with Gasteiger partial charge in [-0.25, -0.2) is 0 Å². The zero-order chi connectivity index (χ0) is 18.8. The normalized spacial score (nSPS) is 14.5. The Hall–Kier alpha value is -2.86. The maximum Gasteiger partial charge on any atom is 0.0685 e. The zero-order valence-electron chi connectivity index (χ0n) is 16.4. The number of allylic oxidation sites excluding steroid dienone is 4. The van der Waals surface area contributed by atoms with E-state index in [4.69, 9.17) is 0 Å². The topological polar surface area (TPSA) is 0 Å². The Labute approximate surface area is 176 Å². The molecule has 148 valence electrons. The van der Waals surface area contributed by atoms with Crippen molar-refractivity contribution in [2.24, 2.45) is 0 Å². The summed E-state index contributed by atoms with van der Waals surface area (Å²) in [4.78, 5) is 0. The molecule has 0 aliphatic heterocycles. The molecular formula is C29H32. The van der Waals surface area contributed by atoms with E-state index in [1.807, 2.05) is 0 Å². The molecular weight excluding hydrogens is 348 g/mol. The molecule has 0 unspecified atom stereocenters. The molecule has 0 saturated heterocycles. The predicted octanol–water partition coefficient (Wildman–Crippen LogP) is 8.42. The van der Waals surface area contributed by atoms with Crippen molar-refractivity contribution < 1.29 is 0 Å². The van der Waals surface area contributed by atoms with Crippen molar-refractivity contribution in [3.05, 3.63) is 112 Å². The molecule has 1 spiro atoms. The molecule has 0 aromatic heterocycles. The largest absolute Gasteiger partial charge is 0.0776 e. The third-order valence-electron chi connectivity index (χ3n) is 6.62. The summed E-state index contributed by atoms with van der Waals surface area (Å²) in [6.45, 7) is 9.07. The van der Waals surface area contributed by atoms with Crippen LogP contribution in [0.4, 0.5) is 0 Å². The van der Waals surface area contributed by atoms with Crippen LogP contribution in [-0.4, -0.2) is 0 Å². The van der Waals surface area contributed by atoms with Crippen LogP contribution in [0.15, 0.2) is 89.5 Å². The highest BCUT2D eigenvalue weighted by molar-refractivity contribution is 5.97. The van der Waals surface area contributed by atoms with Crippen molar-refractivity contribution in [3.63, 3.8) is 0 Å². The second-order valence-corrected chi connectivity index (χ2v) is 8.01. The number of hydrogen-bond donors (Lipinski definition) is 0. The SMILES string of the molecule is C.C.CC(C)=C(C)C1=C(C)C2(c3ccccc31)c1ccccc1-c1ccccc12. The summed E-state index contributed by atoms with van der Waals surface area (Å²) in [5.41, 5.74) is 13.9. The second-order valence-electron chi connectivity index (χ2n) is 8.01. The Morgan fingerprint density at radius 1 is 0.586 bits per heavy atom. The summed E-state index contributed by atoms with van der Waals surface area (Å²) in [6, 6.07) is 26.9. The van der Waals surface area contributed by atoms with Gasteiger partial charge in [0.25, 0.3) is 0 Å². The summed E-state index contributed by atoms with van der Waals surface area (Å²) < 4.78 is 0. The van der Waals surface area contributed by atoms with Gasteiger partial charge < -0.3 is 0 Å². The van der Waals surface area contributed by atoms with E-state index in [9.17, 15) is 0 Å². The van der Waals surface area contributed by atoms with Crippen molar-refractivity contribution in [2.75, 3.05) is 0 Å². The Bertz CT molecular complexity index is 1100. The minimum absolute atomic E-state index is 0. The average Bonchev–Trinajstić information content (AvgIpc) is 3.14. The molecule has 0 heterocycles. The van der Waals surface area contributed by atoms with Gasteiger partial charge in [0.2, 0.25) is 0 Å². The fraction of sp³-hybridized carbons (Fsp3) is 0.241. The predicted molar refractivity (Wildman–Crippen MR) is 128 cm³/mol. The van der Waals surface area contributed by atoms with Crippen molar-refractivity contribution >= 4 is 5.57 Å². The zero-order valence-corrected chi connectivity index (χ0v) is 16.4. The van der Waals surface area contributed by atoms with Crippen LogP contribution in [0.3, 0.4) is 0 Å². The minimum atomic E-state index is -0.171. The lowest BCUT2D eigenvalue weighted by Crippen LogP contribution is -2.26. The van der Waals surface area contributed by atoms with Crippen LogP contribution in [0.25, 0.3) is 16.7 Å². The molecule has 0 bridgehead atoms. The highest BCUT2D eigenvalue weighted by Crippen LogP contribution is 2.62. The molecule has 0 N–H and O–H groups in total. The lowest BCUT2D eigenvalue weighted by molar-refractivity contribution is 0.766. The van der Waals surface area contributed by atoms with Crippen LogP contribution >= 0.6 is 0 Å². The lowest BCUT2D eigenvalue weighted by atomic mass is 9.70. The molecule has 3 aromatic carbocycles. The van der Waals surface area contributed by atoms with Crippen LogP contribution in [0, 0.1) is 0 Å². The molecule has 0 saturated carbocycles. The lowest BCUT2D eigenvalue weighted by Gasteiger charge is -2.31. The number of hydrogen-bond acceptors (Lipinski definition) is 0. The molecule has 0 fully saturated rings. The third kappa shape index (κ3) is 2.45. The Balaban J connectivity index is 0.00000120. The van der Waals surface area contributed by atoms with E-state index in [2.05, 4.69) is 100 Å². The average molecular weight is 381 g/mol. The second kappa shape index (κ2) is 7.19. The van der Waals surface area contributed by atoms with E-state index in [1.54, 1.807) is 0 Å². The van der Waals surface area contributed by atoms with Gasteiger partial charge >= 0.3 is 0 Å². The van der Waals surface area contributed by atoms with Crippen molar-refractivity contribution in [2.45, 2.75) is 48.0 Å². The maximum absolute atomic E-state index is 2.35. The molecule has 0 amide bonds. The first-order valence-electron chi connectivity index (χ1n) is 9.73. The van der Waals surface area contributed by atoms with Gasteiger partial charge in [-0.05, 0) is 77.8 Å². The van der Waals surface area contributed by atoms with E-state index >= 15 is 0 Å². The van der Waals surface area contributed by atoms with Crippen molar-refractivity contribution in [1.82, 2.24) is 0 Å². The van der Waals surface area contributed by atoms with Crippen LogP contribution in [0.2, 0.25) is 0 Å². The standard InChI is InChI=1S/C27H24.2CH4/c1-17(2)18(3)26-19(4)27(25-16-10-7-13-22(25)26)23-14-8-5-11-20(23)21-12-6-9-15-24(21)27;;/h5-16H,1-4H3;2*1H4. The van der Waals surface area contributed by atoms with E-state index < -0.39 is 0 Å². The molecule has 29 heavy (non-hydrogen) atoms. The first-order valence-corrected chi connectivity index (χ1v) is 9.73. The Morgan fingerprint density at radius 3 is 1.41 bits per heavy atom. The minimum Gasteiger partial charge on any atom is -0.0776 e. The molecule has 5 rings (SSSR count). The van der Waals surface area contributed by atoms with E-state index in [1.165, 1.54) is 55.7 Å². The summed E-state index contributed by atoms with van der Waals surface area (Å²) in [5, 5.41) is 0. The Morgan fingerprint density at radius 2 is 0.966 bits per heavy atom. The fourth-order valence-electron chi connectivity index (χ4n) is 5.28. The molecule has 0 radical (unpaired) electrons. The van der Waals surface area contributed by atoms with E-state index in [0.29, 0.717) is 0 Å². The third-order valence-corrected chi connectivity index (χ3v) is 6.62.